The molecule has 2 aliphatic carbocycles. The fraction of sp³-hybridized carbons (Fsp3) is 0.478. The lowest BCUT2D eigenvalue weighted by Crippen LogP contribution is -2.30. The number of rotatable bonds is 3. The quantitative estimate of drug-likeness (QED) is 0.668. The van der Waals surface area contributed by atoms with Crippen molar-refractivity contribution in [1.29, 1.82) is 0 Å². The Balaban J connectivity index is 1.66. The Hall–Kier alpha value is -1.60. The molecule has 1 nitrogen and oxygen atoms in total. The SMILES string of the molecule is C[C@@H](c1ccccc1)N(C)[C@H]1CC2(CCCCC2)c2ccccc21. The van der Waals surface area contributed by atoms with Crippen LogP contribution in [0, 0.1) is 0 Å². The fourth-order valence-electron chi connectivity index (χ4n) is 5.16. The van der Waals surface area contributed by atoms with E-state index in [0.29, 0.717) is 17.5 Å². The van der Waals surface area contributed by atoms with Crippen molar-refractivity contribution in [2.24, 2.45) is 0 Å². The standard InChI is InChI=1S/C23H29N/c1-18(19-11-5-3-6-12-19)24(2)22-17-23(15-9-4-10-16-23)21-14-8-7-13-20(21)22/h3,5-8,11-14,18,22H,4,9-10,15-17H2,1-2H3/t18-,22-/m0/s1. The van der Waals surface area contributed by atoms with Crippen LogP contribution in [0.1, 0.15) is 74.2 Å². The molecule has 2 aromatic rings. The molecule has 0 amide bonds. The molecule has 1 fully saturated rings. The van der Waals surface area contributed by atoms with E-state index in [1.54, 1.807) is 11.1 Å². The van der Waals surface area contributed by atoms with E-state index in [0.717, 1.165) is 0 Å². The highest BCUT2D eigenvalue weighted by Crippen LogP contribution is 2.55. The van der Waals surface area contributed by atoms with Crippen LogP contribution in [0.5, 0.6) is 0 Å². The van der Waals surface area contributed by atoms with E-state index >= 15 is 0 Å². The minimum Gasteiger partial charge on any atom is -0.293 e. The van der Waals surface area contributed by atoms with Crippen LogP contribution in [0.3, 0.4) is 0 Å². The van der Waals surface area contributed by atoms with Gasteiger partial charge < -0.3 is 0 Å². The molecule has 2 aromatic carbocycles. The van der Waals surface area contributed by atoms with Crippen LogP contribution in [-0.2, 0) is 5.41 Å². The summed E-state index contributed by atoms with van der Waals surface area (Å²) in [5.41, 5.74) is 5.11. The topological polar surface area (TPSA) is 3.24 Å². The van der Waals surface area contributed by atoms with Crippen LogP contribution >= 0.6 is 0 Å². The second-order valence-electron chi connectivity index (χ2n) is 7.90. The molecule has 2 aliphatic rings. The number of hydrogen-bond donors (Lipinski definition) is 0. The van der Waals surface area contributed by atoms with Gasteiger partial charge >= 0.3 is 0 Å². The molecule has 1 saturated carbocycles. The van der Waals surface area contributed by atoms with Gasteiger partial charge in [-0.1, -0.05) is 73.9 Å². The van der Waals surface area contributed by atoms with E-state index in [1.807, 2.05) is 0 Å². The average molecular weight is 319 g/mol. The van der Waals surface area contributed by atoms with Crippen molar-refractivity contribution in [2.75, 3.05) is 7.05 Å². The number of fused-ring (bicyclic) bond motifs is 2. The van der Waals surface area contributed by atoms with Crippen LogP contribution in [-0.4, -0.2) is 11.9 Å². The summed E-state index contributed by atoms with van der Waals surface area (Å²) in [6.07, 6.45) is 8.30. The third-order valence-corrected chi connectivity index (χ3v) is 6.67. The fourth-order valence-corrected chi connectivity index (χ4v) is 5.16. The molecule has 0 saturated heterocycles. The third kappa shape index (κ3) is 2.59. The summed E-state index contributed by atoms with van der Waals surface area (Å²) in [5.74, 6) is 0. The molecule has 4 rings (SSSR count). The zero-order valence-corrected chi connectivity index (χ0v) is 15.0. The van der Waals surface area contributed by atoms with Gasteiger partial charge in [0.1, 0.15) is 0 Å². The Bertz CT molecular complexity index is 684. The molecule has 1 heteroatoms. The van der Waals surface area contributed by atoms with Crippen LogP contribution < -0.4 is 0 Å². The van der Waals surface area contributed by atoms with Crippen LogP contribution in [0.2, 0.25) is 0 Å². The smallest absolute Gasteiger partial charge is 0.0362 e. The van der Waals surface area contributed by atoms with Gasteiger partial charge in [0.2, 0.25) is 0 Å². The first-order chi connectivity index (χ1) is 11.7. The van der Waals surface area contributed by atoms with E-state index in [1.165, 1.54) is 44.1 Å². The first-order valence-electron chi connectivity index (χ1n) is 9.58. The lowest BCUT2D eigenvalue weighted by molar-refractivity contribution is 0.152. The molecular formula is C23H29N. The summed E-state index contributed by atoms with van der Waals surface area (Å²) in [6, 6.07) is 21.2. The second-order valence-corrected chi connectivity index (χ2v) is 7.90. The molecule has 2 atom stereocenters. The van der Waals surface area contributed by atoms with Crippen molar-refractivity contribution in [3.63, 3.8) is 0 Å². The maximum absolute atomic E-state index is 2.61. The van der Waals surface area contributed by atoms with E-state index in [-0.39, 0.29) is 0 Å². The van der Waals surface area contributed by atoms with Crippen molar-refractivity contribution in [1.82, 2.24) is 4.90 Å². The van der Waals surface area contributed by atoms with Crippen molar-refractivity contribution < 1.29 is 0 Å². The lowest BCUT2D eigenvalue weighted by atomic mass is 9.70. The molecule has 0 unspecified atom stereocenters. The van der Waals surface area contributed by atoms with Crippen LogP contribution in [0.15, 0.2) is 54.6 Å². The van der Waals surface area contributed by atoms with Gasteiger partial charge in [-0.3, -0.25) is 4.90 Å². The van der Waals surface area contributed by atoms with Gasteiger partial charge in [0.15, 0.2) is 0 Å². The Morgan fingerprint density at radius 2 is 1.58 bits per heavy atom. The molecule has 0 bridgehead atoms. The summed E-state index contributed by atoms with van der Waals surface area (Å²) in [5, 5.41) is 0. The predicted octanol–water partition coefficient (Wildman–Crippen LogP) is 6.03. The van der Waals surface area contributed by atoms with Crippen molar-refractivity contribution in [2.45, 2.75) is 62.9 Å². The van der Waals surface area contributed by atoms with Crippen molar-refractivity contribution in [3.8, 4) is 0 Å². The van der Waals surface area contributed by atoms with Crippen LogP contribution in [0.25, 0.3) is 0 Å². The first kappa shape index (κ1) is 15.9. The number of hydrogen-bond acceptors (Lipinski definition) is 1. The molecule has 24 heavy (non-hydrogen) atoms. The number of nitrogens with zero attached hydrogens (tertiary/aromatic N) is 1. The summed E-state index contributed by atoms with van der Waals surface area (Å²) >= 11 is 0. The van der Waals surface area contributed by atoms with E-state index in [9.17, 15) is 0 Å². The zero-order chi connectivity index (χ0) is 16.6. The Morgan fingerprint density at radius 3 is 2.33 bits per heavy atom. The second kappa shape index (κ2) is 6.37. The Kier molecular flexibility index (Phi) is 4.22. The highest BCUT2D eigenvalue weighted by Gasteiger charge is 2.45. The summed E-state index contributed by atoms with van der Waals surface area (Å²) in [6.45, 7) is 2.35. The predicted molar refractivity (Wildman–Crippen MR) is 101 cm³/mol. The maximum atomic E-state index is 2.61. The highest BCUT2D eigenvalue weighted by atomic mass is 15.2. The largest absolute Gasteiger partial charge is 0.293 e. The van der Waals surface area contributed by atoms with Gasteiger partial charge in [-0.05, 0) is 55.3 Å². The van der Waals surface area contributed by atoms with Crippen LogP contribution in [0.4, 0.5) is 0 Å². The average Bonchev–Trinajstić information content (AvgIpc) is 2.96. The van der Waals surface area contributed by atoms with Gasteiger partial charge in [-0.15, -0.1) is 0 Å². The molecule has 0 radical (unpaired) electrons. The third-order valence-electron chi connectivity index (χ3n) is 6.67. The van der Waals surface area contributed by atoms with E-state index in [2.05, 4.69) is 73.5 Å². The van der Waals surface area contributed by atoms with Crippen molar-refractivity contribution in [3.05, 3.63) is 71.3 Å². The summed E-state index contributed by atoms with van der Waals surface area (Å²) in [4.78, 5) is 2.61. The molecular weight excluding hydrogens is 290 g/mol. The molecule has 0 heterocycles. The highest BCUT2D eigenvalue weighted by molar-refractivity contribution is 5.43. The molecule has 1 spiro atoms. The first-order valence-corrected chi connectivity index (χ1v) is 9.58. The van der Waals surface area contributed by atoms with Gasteiger partial charge in [-0.25, -0.2) is 0 Å². The van der Waals surface area contributed by atoms with Gasteiger partial charge in [0.05, 0.1) is 0 Å². The monoisotopic (exact) mass is 319 g/mol. The minimum absolute atomic E-state index is 0.447. The molecule has 0 aromatic heterocycles. The zero-order valence-electron chi connectivity index (χ0n) is 15.0. The minimum atomic E-state index is 0.447. The van der Waals surface area contributed by atoms with E-state index in [4.69, 9.17) is 0 Å². The molecule has 126 valence electrons. The summed E-state index contributed by atoms with van der Waals surface area (Å²) in [7, 11) is 2.32. The Morgan fingerprint density at radius 1 is 0.917 bits per heavy atom. The van der Waals surface area contributed by atoms with Crippen molar-refractivity contribution >= 4 is 0 Å². The normalized spacial score (nSPS) is 23.4. The Labute approximate surface area is 146 Å². The number of benzene rings is 2. The van der Waals surface area contributed by atoms with Gasteiger partial charge in [-0.2, -0.15) is 0 Å². The summed E-state index contributed by atoms with van der Waals surface area (Å²) < 4.78 is 0. The van der Waals surface area contributed by atoms with Gasteiger partial charge in [0, 0.05) is 12.1 Å². The lowest BCUT2D eigenvalue weighted by Gasteiger charge is -2.37. The molecule has 0 N–H and O–H groups in total. The van der Waals surface area contributed by atoms with Gasteiger partial charge in [0.25, 0.3) is 0 Å². The van der Waals surface area contributed by atoms with E-state index < -0.39 is 0 Å². The maximum Gasteiger partial charge on any atom is 0.0362 e. The molecule has 0 aliphatic heterocycles.